The molecule has 0 amide bonds. The van der Waals surface area contributed by atoms with Gasteiger partial charge in [-0.3, -0.25) is 9.80 Å². The SMILES string of the molecule is CC(C)(C)NCC1CCCN1CCN1CCOCC1. The molecule has 2 aliphatic rings. The van der Waals surface area contributed by atoms with Crippen LogP contribution in [0.15, 0.2) is 0 Å². The Bertz CT molecular complexity index is 259. The second-order valence-corrected chi connectivity index (χ2v) is 6.92. The molecule has 112 valence electrons. The van der Waals surface area contributed by atoms with E-state index >= 15 is 0 Å². The van der Waals surface area contributed by atoms with E-state index in [1.807, 2.05) is 0 Å². The number of morpholine rings is 1. The molecular formula is C15H31N3O. The third kappa shape index (κ3) is 5.38. The first kappa shape index (κ1) is 15.2. The van der Waals surface area contributed by atoms with Crippen molar-refractivity contribution < 1.29 is 4.74 Å². The van der Waals surface area contributed by atoms with Gasteiger partial charge in [-0.2, -0.15) is 0 Å². The van der Waals surface area contributed by atoms with Crippen molar-refractivity contribution in [1.29, 1.82) is 0 Å². The zero-order valence-corrected chi connectivity index (χ0v) is 13.0. The second kappa shape index (κ2) is 7.02. The largest absolute Gasteiger partial charge is 0.379 e. The van der Waals surface area contributed by atoms with Gasteiger partial charge in [-0.05, 0) is 40.2 Å². The first-order valence-electron chi connectivity index (χ1n) is 7.84. The van der Waals surface area contributed by atoms with Gasteiger partial charge in [-0.15, -0.1) is 0 Å². The van der Waals surface area contributed by atoms with Crippen LogP contribution < -0.4 is 5.32 Å². The van der Waals surface area contributed by atoms with E-state index in [4.69, 9.17) is 4.74 Å². The van der Waals surface area contributed by atoms with Crippen LogP contribution in [0, 0.1) is 0 Å². The average Bonchev–Trinajstić information content (AvgIpc) is 2.82. The van der Waals surface area contributed by atoms with Gasteiger partial charge in [0.15, 0.2) is 0 Å². The van der Waals surface area contributed by atoms with Crippen molar-refractivity contribution in [3.63, 3.8) is 0 Å². The number of hydrogen-bond donors (Lipinski definition) is 1. The molecule has 1 N–H and O–H groups in total. The van der Waals surface area contributed by atoms with Crippen LogP contribution in [0.2, 0.25) is 0 Å². The Kier molecular flexibility index (Phi) is 5.63. The van der Waals surface area contributed by atoms with Gasteiger partial charge < -0.3 is 10.1 Å². The molecule has 4 heteroatoms. The predicted molar refractivity (Wildman–Crippen MR) is 79.6 cm³/mol. The summed E-state index contributed by atoms with van der Waals surface area (Å²) in [7, 11) is 0. The molecule has 0 aliphatic carbocycles. The van der Waals surface area contributed by atoms with E-state index in [1.165, 1.54) is 32.5 Å². The van der Waals surface area contributed by atoms with Crippen LogP contribution >= 0.6 is 0 Å². The Morgan fingerprint density at radius 2 is 1.84 bits per heavy atom. The summed E-state index contributed by atoms with van der Waals surface area (Å²) in [4.78, 5) is 5.21. The number of nitrogens with one attached hydrogen (secondary N) is 1. The second-order valence-electron chi connectivity index (χ2n) is 6.92. The maximum Gasteiger partial charge on any atom is 0.0594 e. The molecule has 1 atom stereocenters. The van der Waals surface area contributed by atoms with Gasteiger partial charge in [0.05, 0.1) is 13.2 Å². The maximum atomic E-state index is 5.40. The molecule has 0 aromatic rings. The molecule has 2 rings (SSSR count). The van der Waals surface area contributed by atoms with E-state index < -0.39 is 0 Å². The number of likely N-dealkylation sites (tertiary alicyclic amines) is 1. The Hall–Kier alpha value is -0.160. The number of hydrogen-bond acceptors (Lipinski definition) is 4. The zero-order valence-electron chi connectivity index (χ0n) is 13.0. The summed E-state index contributed by atoms with van der Waals surface area (Å²) < 4.78 is 5.40. The highest BCUT2D eigenvalue weighted by Crippen LogP contribution is 2.17. The van der Waals surface area contributed by atoms with Crippen molar-refractivity contribution >= 4 is 0 Å². The van der Waals surface area contributed by atoms with Gasteiger partial charge in [0.2, 0.25) is 0 Å². The molecule has 0 radical (unpaired) electrons. The van der Waals surface area contributed by atoms with E-state index in [9.17, 15) is 0 Å². The zero-order chi connectivity index (χ0) is 13.7. The Morgan fingerprint density at radius 1 is 1.11 bits per heavy atom. The lowest BCUT2D eigenvalue weighted by molar-refractivity contribution is 0.0326. The normalized spacial score (nSPS) is 27.0. The lowest BCUT2D eigenvalue weighted by Crippen LogP contribution is -2.47. The summed E-state index contributed by atoms with van der Waals surface area (Å²) in [6, 6.07) is 0.736. The predicted octanol–water partition coefficient (Wildman–Crippen LogP) is 1.17. The average molecular weight is 269 g/mol. The molecule has 19 heavy (non-hydrogen) atoms. The van der Waals surface area contributed by atoms with Gasteiger partial charge in [0, 0.05) is 44.3 Å². The minimum Gasteiger partial charge on any atom is -0.379 e. The Labute approximate surface area is 118 Å². The number of rotatable bonds is 5. The monoisotopic (exact) mass is 269 g/mol. The molecule has 2 aliphatic heterocycles. The fraction of sp³-hybridized carbons (Fsp3) is 1.00. The summed E-state index contributed by atoms with van der Waals surface area (Å²) >= 11 is 0. The quantitative estimate of drug-likeness (QED) is 0.811. The van der Waals surface area contributed by atoms with Gasteiger partial charge in [-0.1, -0.05) is 0 Å². The molecule has 0 saturated carbocycles. The lowest BCUT2D eigenvalue weighted by atomic mass is 10.1. The maximum absolute atomic E-state index is 5.40. The Morgan fingerprint density at radius 3 is 2.53 bits per heavy atom. The van der Waals surface area contributed by atoms with Gasteiger partial charge in [-0.25, -0.2) is 0 Å². The first-order chi connectivity index (χ1) is 9.04. The van der Waals surface area contributed by atoms with Crippen LogP contribution in [0.3, 0.4) is 0 Å². The molecule has 0 spiro atoms. The molecular weight excluding hydrogens is 238 g/mol. The van der Waals surface area contributed by atoms with Crippen molar-refractivity contribution in [2.24, 2.45) is 0 Å². The molecule has 2 saturated heterocycles. The van der Waals surface area contributed by atoms with Gasteiger partial charge in [0.1, 0.15) is 0 Å². The highest BCUT2D eigenvalue weighted by atomic mass is 16.5. The van der Waals surface area contributed by atoms with Crippen molar-refractivity contribution in [2.75, 3.05) is 52.5 Å². The van der Waals surface area contributed by atoms with Crippen LogP contribution in [0.1, 0.15) is 33.6 Å². The topological polar surface area (TPSA) is 27.7 Å². The standard InChI is InChI=1S/C15H31N3O/c1-15(2,3)16-13-14-5-4-6-18(14)8-7-17-9-11-19-12-10-17/h14,16H,4-13H2,1-3H3. The summed E-state index contributed by atoms with van der Waals surface area (Å²) in [6.45, 7) is 15.6. The molecule has 2 fully saturated rings. The van der Waals surface area contributed by atoms with E-state index in [2.05, 4.69) is 35.9 Å². The van der Waals surface area contributed by atoms with E-state index in [1.54, 1.807) is 0 Å². The van der Waals surface area contributed by atoms with Gasteiger partial charge >= 0.3 is 0 Å². The number of nitrogens with zero attached hydrogens (tertiary/aromatic N) is 2. The lowest BCUT2D eigenvalue weighted by Gasteiger charge is -2.32. The highest BCUT2D eigenvalue weighted by Gasteiger charge is 2.25. The minimum absolute atomic E-state index is 0.235. The van der Waals surface area contributed by atoms with Crippen LogP contribution in [-0.2, 0) is 4.74 Å². The molecule has 0 aromatic carbocycles. The van der Waals surface area contributed by atoms with E-state index in [-0.39, 0.29) is 5.54 Å². The van der Waals surface area contributed by atoms with Crippen LogP contribution in [0.5, 0.6) is 0 Å². The van der Waals surface area contributed by atoms with Crippen molar-refractivity contribution in [3.05, 3.63) is 0 Å². The molecule has 1 unspecified atom stereocenters. The fourth-order valence-corrected chi connectivity index (χ4v) is 2.94. The first-order valence-corrected chi connectivity index (χ1v) is 7.84. The molecule has 0 bridgehead atoms. The van der Waals surface area contributed by atoms with Crippen molar-refractivity contribution in [2.45, 2.75) is 45.2 Å². The van der Waals surface area contributed by atoms with E-state index in [0.717, 1.165) is 38.9 Å². The minimum atomic E-state index is 0.235. The molecule has 4 nitrogen and oxygen atoms in total. The van der Waals surface area contributed by atoms with Crippen molar-refractivity contribution in [3.8, 4) is 0 Å². The Balaban J connectivity index is 1.69. The smallest absolute Gasteiger partial charge is 0.0594 e. The number of ether oxygens (including phenoxy) is 1. The summed E-state index contributed by atoms with van der Waals surface area (Å²) in [5.41, 5.74) is 0.235. The van der Waals surface area contributed by atoms with Gasteiger partial charge in [0.25, 0.3) is 0 Å². The third-order valence-electron chi connectivity index (χ3n) is 4.17. The van der Waals surface area contributed by atoms with Crippen LogP contribution in [-0.4, -0.2) is 73.9 Å². The van der Waals surface area contributed by atoms with Crippen LogP contribution in [0.4, 0.5) is 0 Å². The fourth-order valence-electron chi connectivity index (χ4n) is 2.94. The highest BCUT2D eigenvalue weighted by molar-refractivity contribution is 4.84. The summed E-state index contributed by atoms with van der Waals surface area (Å²) in [5, 5.41) is 3.66. The third-order valence-corrected chi connectivity index (χ3v) is 4.17. The molecule has 0 aromatic heterocycles. The van der Waals surface area contributed by atoms with Crippen molar-refractivity contribution in [1.82, 2.24) is 15.1 Å². The molecule has 2 heterocycles. The summed E-state index contributed by atoms with van der Waals surface area (Å²) in [6.07, 6.45) is 2.71. The van der Waals surface area contributed by atoms with Crippen LogP contribution in [0.25, 0.3) is 0 Å². The summed E-state index contributed by atoms with van der Waals surface area (Å²) in [5.74, 6) is 0. The van der Waals surface area contributed by atoms with E-state index in [0.29, 0.717) is 0 Å².